The molecule has 7 rings (SSSR count). The summed E-state index contributed by atoms with van der Waals surface area (Å²) in [4.78, 5) is 36.6. The van der Waals surface area contributed by atoms with E-state index in [1.54, 1.807) is 65.8 Å². The first-order valence-corrected chi connectivity index (χ1v) is 16.6. The Morgan fingerprint density at radius 3 is 2.49 bits per heavy atom. The minimum atomic E-state index is -4.10. The molecule has 2 saturated carbocycles. The van der Waals surface area contributed by atoms with Crippen LogP contribution >= 0.6 is 23.2 Å². The number of aromatic nitrogens is 3. The zero-order chi connectivity index (χ0) is 31.6. The minimum absolute atomic E-state index is 0.00733. The molecule has 1 aliphatic heterocycles. The van der Waals surface area contributed by atoms with E-state index in [9.17, 15) is 23.3 Å². The van der Waals surface area contributed by atoms with Crippen molar-refractivity contribution in [3.8, 4) is 11.8 Å². The van der Waals surface area contributed by atoms with E-state index in [2.05, 4.69) is 21.4 Å². The van der Waals surface area contributed by atoms with Crippen molar-refractivity contribution in [2.75, 3.05) is 6.54 Å². The molecular formula is C31H26Cl2N6O5S. The summed E-state index contributed by atoms with van der Waals surface area (Å²) in [5.41, 5.74) is 0.954. The molecule has 3 fully saturated rings. The number of benzene rings is 2. The maximum Gasteiger partial charge on any atom is 0.410 e. The van der Waals surface area contributed by atoms with Crippen molar-refractivity contribution < 1.29 is 22.7 Å². The number of carbonyl (C=O) groups excluding carboxylic acids is 2. The number of ether oxygens (including phenoxy) is 1. The van der Waals surface area contributed by atoms with Crippen molar-refractivity contribution >= 4 is 56.1 Å². The molecule has 14 heteroatoms. The normalized spacial score (nSPS) is 21.2. The van der Waals surface area contributed by atoms with Gasteiger partial charge in [0.05, 0.1) is 38.4 Å². The number of hydrogen-bond acceptors (Lipinski definition) is 8. The van der Waals surface area contributed by atoms with E-state index >= 15 is 0 Å². The Labute approximate surface area is 268 Å². The zero-order valence-electron chi connectivity index (χ0n) is 23.7. The molecule has 2 aromatic carbocycles. The van der Waals surface area contributed by atoms with Crippen molar-refractivity contribution in [1.29, 1.82) is 5.26 Å². The number of fused-ring (bicyclic) bond motifs is 1. The third kappa shape index (κ3) is 5.18. The number of pyridine rings is 1. The lowest BCUT2D eigenvalue weighted by Gasteiger charge is -2.29. The third-order valence-electron chi connectivity index (χ3n) is 8.87. The minimum Gasteiger partial charge on any atom is -0.425 e. The molecule has 2 aliphatic carbocycles. The summed E-state index contributed by atoms with van der Waals surface area (Å²) in [7, 11) is -4.10. The fraction of sp³-hybridized carbons (Fsp3) is 0.323. The van der Waals surface area contributed by atoms with Gasteiger partial charge in [0.25, 0.3) is 0 Å². The summed E-state index contributed by atoms with van der Waals surface area (Å²) < 4.78 is 35.6. The van der Waals surface area contributed by atoms with Crippen molar-refractivity contribution in [2.45, 2.75) is 59.4 Å². The Balaban J connectivity index is 1.18. The Bertz CT molecular complexity index is 2000. The molecule has 0 spiro atoms. The topological polar surface area (TPSA) is 147 Å². The Kier molecular flexibility index (Phi) is 7.03. The van der Waals surface area contributed by atoms with Gasteiger partial charge >= 0.3 is 6.09 Å². The van der Waals surface area contributed by atoms with Gasteiger partial charge in [-0.1, -0.05) is 35.3 Å². The van der Waals surface area contributed by atoms with Gasteiger partial charge in [-0.25, -0.2) is 18.2 Å². The number of carbonyl (C=O) groups is 2. The highest BCUT2D eigenvalue weighted by Gasteiger charge is 2.57. The summed E-state index contributed by atoms with van der Waals surface area (Å²) in [6.45, 7) is -0.199. The summed E-state index contributed by atoms with van der Waals surface area (Å²) >= 11 is 12.7. The van der Waals surface area contributed by atoms with E-state index in [0.717, 1.165) is 11.1 Å². The van der Waals surface area contributed by atoms with Crippen molar-refractivity contribution in [3.05, 3.63) is 82.9 Å². The van der Waals surface area contributed by atoms with Gasteiger partial charge in [-0.2, -0.15) is 5.26 Å². The van der Waals surface area contributed by atoms with Crippen molar-refractivity contribution in [3.63, 3.8) is 0 Å². The lowest BCUT2D eigenvalue weighted by molar-refractivity contribution is -0.140. The summed E-state index contributed by atoms with van der Waals surface area (Å²) in [5, 5.41) is 11.4. The van der Waals surface area contributed by atoms with Crippen LogP contribution in [0, 0.1) is 11.3 Å². The Hall–Kier alpha value is -4.18. The van der Waals surface area contributed by atoms with Crippen LogP contribution in [-0.2, 0) is 24.8 Å². The number of hydrogen-bond donors (Lipinski definition) is 1. The predicted octanol–water partition coefficient (Wildman–Crippen LogP) is 4.94. The van der Waals surface area contributed by atoms with Gasteiger partial charge < -0.3 is 15.0 Å². The van der Waals surface area contributed by atoms with Crippen molar-refractivity contribution in [1.82, 2.24) is 24.8 Å². The van der Waals surface area contributed by atoms with Crippen LogP contribution in [0.5, 0.6) is 0 Å². The molecule has 0 bridgehead atoms. The fourth-order valence-corrected chi connectivity index (χ4v) is 8.31. The highest BCUT2D eigenvalue weighted by atomic mass is 35.5. The monoisotopic (exact) mass is 664 g/mol. The van der Waals surface area contributed by atoms with Gasteiger partial charge in [0.1, 0.15) is 17.4 Å². The number of alkyl carbamates (subject to hydrolysis) is 1. The number of sulfone groups is 1. The van der Waals surface area contributed by atoms with Gasteiger partial charge in [-0.05, 0) is 67.6 Å². The molecule has 45 heavy (non-hydrogen) atoms. The first-order valence-electron chi connectivity index (χ1n) is 14.3. The van der Waals surface area contributed by atoms with Crippen LogP contribution in [0.1, 0.15) is 37.7 Å². The summed E-state index contributed by atoms with van der Waals surface area (Å²) in [5.74, 6) is -0.329. The van der Waals surface area contributed by atoms with E-state index in [4.69, 9.17) is 27.9 Å². The summed E-state index contributed by atoms with van der Waals surface area (Å²) in [6.07, 6.45) is 4.76. The van der Waals surface area contributed by atoms with Gasteiger partial charge in [-0.15, -0.1) is 0 Å². The summed E-state index contributed by atoms with van der Waals surface area (Å²) in [6, 6.07) is 15.4. The molecule has 0 radical (unpaired) electrons. The molecule has 4 aromatic rings. The molecule has 2 atom stereocenters. The lowest BCUT2D eigenvalue weighted by Crippen LogP contribution is -2.46. The number of rotatable bonds is 7. The zero-order valence-corrected chi connectivity index (χ0v) is 26.0. The van der Waals surface area contributed by atoms with Crippen LogP contribution in [0.15, 0.2) is 72.1 Å². The van der Waals surface area contributed by atoms with Crippen LogP contribution in [0.4, 0.5) is 4.79 Å². The smallest absolute Gasteiger partial charge is 0.410 e. The average Bonchev–Trinajstić information content (AvgIpc) is 3.91. The van der Waals surface area contributed by atoms with E-state index in [0.29, 0.717) is 41.9 Å². The molecular weight excluding hydrogens is 639 g/mol. The third-order valence-corrected chi connectivity index (χ3v) is 11.7. The largest absolute Gasteiger partial charge is 0.425 e. The number of imidazole rings is 1. The molecule has 3 aliphatic rings. The molecule has 1 N–H and O–H groups in total. The van der Waals surface area contributed by atoms with Crippen LogP contribution < -0.4 is 5.32 Å². The quantitative estimate of drug-likeness (QED) is 0.292. The van der Waals surface area contributed by atoms with Gasteiger partial charge in [-0.3, -0.25) is 14.3 Å². The highest BCUT2D eigenvalue weighted by molar-refractivity contribution is 7.92. The molecule has 230 valence electrons. The standard InChI is InChI=1S/C31H26Cl2N6O5S/c32-20-3-1-19(2-4-20)31(10-11-31)28(40)38-16-22(14-27(38)44-29(41)37-30(17-34)8-9-30)45(42,43)26-6-5-21(13-23(26)33)39-18-36-24-15-35-12-7-25(24)39/h1-7,12-13,15,18,22,27H,8-11,14,16H2,(H,37,41)/t22-,27+/m1/s1. The van der Waals surface area contributed by atoms with E-state index < -0.39 is 38.4 Å². The number of likely N-dealkylation sites (tertiary alicyclic amines) is 1. The van der Waals surface area contributed by atoms with E-state index in [1.807, 2.05) is 0 Å². The highest BCUT2D eigenvalue weighted by Crippen LogP contribution is 2.51. The van der Waals surface area contributed by atoms with Gasteiger partial charge in [0, 0.05) is 29.9 Å². The van der Waals surface area contributed by atoms with Crippen molar-refractivity contribution in [2.24, 2.45) is 0 Å². The second kappa shape index (κ2) is 10.7. The maximum atomic E-state index is 14.1. The van der Waals surface area contributed by atoms with Crippen LogP contribution in [0.25, 0.3) is 16.7 Å². The second-order valence-corrected chi connectivity index (χ2v) is 14.8. The Morgan fingerprint density at radius 2 is 1.82 bits per heavy atom. The number of nitrogens with one attached hydrogen (secondary N) is 1. The fourth-order valence-electron chi connectivity index (χ4n) is 5.97. The van der Waals surface area contributed by atoms with Gasteiger partial charge in [0.15, 0.2) is 16.1 Å². The number of nitriles is 1. The van der Waals surface area contributed by atoms with Crippen LogP contribution in [-0.4, -0.2) is 63.4 Å². The maximum absolute atomic E-state index is 14.1. The first-order chi connectivity index (χ1) is 21.5. The number of nitrogens with zero attached hydrogens (tertiary/aromatic N) is 5. The molecule has 11 nitrogen and oxygen atoms in total. The number of halogens is 2. The SMILES string of the molecule is N#CC1(NC(=O)O[C@H]2C[C@@H](S(=O)(=O)c3ccc(-n4cnc5cnccc54)cc3Cl)CN2C(=O)C2(c3ccc(Cl)cc3)CC2)CC1. The molecule has 3 heterocycles. The predicted molar refractivity (Wildman–Crippen MR) is 165 cm³/mol. The number of amides is 2. The van der Waals surface area contributed by atoms with Crippen LogP contribution in [0.3, 0.4) is 0 Å². The Morgan fingerprint density at radius 1 is 1.07 bits per heavy atom. The van der Waals surface area contributed by atoms with Gasteiger partial charge in [0.2, 0.25) is 5.91 Å². The second-order valence-electron chi connectivity index (χ2n) is 11.7. The van der Waals surface area contributed by atoms with Crippen LogP contribution in [0.2, 0.25) is 10.0 Å². The average molecular weight is 666 g/mol. The van der Waals surface area contributed by atoms with E-state index in [1.165, 1.54) is 11.0 Å². The van der Waals surface area contributed by atoms with E-state index in [-0.39, 0.29) is 28.8 Å². The lowest BCUT2D eigenvalue weighted by atomic mass is 9.94. The molecule has 0 unspecified atom stereocenters. The first kappa shape index (κ1) is 29.5. The molecule has 1 saturated heterocycles. The molecule has 2 aromatic heterocycles. The molecule has 2 amide bonds.